The maximum absolute atomic E-state index is 12.5. The summed E-state index contributed by atoms with van der Waals surface area (Å²) in [5, 5.41) is 0. The third-order valence-electron chi connectivity index (χ3n) is 4.49. The van der Waals surface area contributed by atoms with Crippen molar-refractivity contribution in [1.29, 1.82) is 0 Å². The Morgan fingerprint density at radius 1 is 0.692 bits per heavy atom. The lowest BCUT2D eigenvalue weighted by Gasteiger charge is -2.25. The first-order valence-corrected chi connectivity index (χ1v) is 8.80. The van der Waals surface area contributed by atoms with E-state index in [1.54, 1.807) is 0 Å². The molecule has 0 N–H and O–H groups in total. The maximum atomic E-state index is 12.5. The Bertz CT molecular complexity index is 687. The van der Waals surface area contributed by atoms with E-state index >= 15 is 0 Å². The first-order chi connectivity index (χ1) is 12.7. The number of esters is 2. The predicted octanol–water partition coefficient (Wildman–Crippen LogP) is 4.06. The van der Waals surface area contributed by atoms with Crippen molar-refractivity contribution >= 4 is 11.9 Å². The fraction of sp³-hybridized carbons (Fsp3) is 0.273. The molecule has 0 radical (unpaired) electrons. The topological polar surface area (TPSA) is 52.6 Å². The molecule has 0 heterocycles. The van der Waals surface area contributed by atoms with Gasteiger partial charge in [0.2, 0.25) is 0 Å². The molecule has 0 aromatic heterocycles. The molecule has 134 valence electrons. The number of carbonyl (C=O) groups is 2. The van der Waals surface area contributed by atoms with Gasteiger partial charge in [-0.3, -0.25) is 9.59 Å². The lowest BCUT2D eigenvalue weighted by molar-refractivity contribution is -0.162. The smallest absolute Gasteiger partial charge is 0.310 e. The summed E-state index contributed by atoms with van der Waals surface area (Å²) in [5.41, 5.74) is 1.85. The van der Waals surface area contributed by atoms with E-state index in [2.05, 4.69) is 0 Å². The summed E-state index contributed by atoms with van der Waals surface area (Å²) in [4.78, 5) is 25.0. The van der Waals surface area contributed by atoms with E-state index in [0.29, 0.717) is 12.8 Å². The molecule has 0 aliphatic heterocycles. The molecule has 0 amide bonds. The molecule has 26 heavy (non-hydrogen) atoms. The molecule has 0 fully saturated rings. The molecule has 0 bridgehead atoms. The van der Waals surface area contributed by atoms with E-state index in [-0.39, 0.29) is 25.2 Å². The SMILES string of the molecule is O=C(OCc1ccccc1)C1CC=CCC1C(=O)OCc1ccccc1. The minimum absolute atomic E-state index is 0.214. The predicted molar refractivity (Wildman–Crippen MR) is 97.8 cm³/mol. The quantitative estimate of drug-likeness (QED) is 0.582. The van der Waals surface area contributed by atoms with Gasteiger partial charge in [0, 0.05) is 0 Å². The summed E-state index contributed by atoms with van der Waals surface area (Å²) in [6.45, 7) is 0.428. The van der Waals surface area contributed by atoms with Crippen molar-refractivity contribution in [3.63, 3.8) is 0 Å². The molecule has 0 saturated carbocycles. The molecular formula is C22H22O4. The Balaban J connectivity index is 1.57. The number of carbonyl (C=O) groups excluding carboxylic acids is 2. The van der Waals surface area contributed by atoms with Crippen molar-refractivity contribution in [1.82, 2.24) is 0 Å². The Kier molecular flexibility index (Phi) is 6.20. The minimum Gasteiger partial charge on any atom is -0.461 e. The van der Waals surface area contributed by atoms with Gasteiger partial charge in [-0.15, -0.1) is 0 Å². The molecule has 0 spiro atoms. The van der Waals surface area contributed by atoms with Crippen LogP contribution in [0.15, 0.2) is 72.8 Å². The monoisotopic (exact) mass is 350 g/mol. The zero-order chi connectivity index (χ0) is 18.2. The minimum atomic E-state index is -0.494. The van der Waals surface area contributed by atoms with Gasteiger partial charge in [0.25, 0.3) is 0 Å². The lowest BCUT2D eigenvalue weighted by atomic mass is 9.83. The van der Waals surface area contributed by atoms with E-state index in [4.69, 9.17) is 9.47 Å². The highest BCUT2D eigenvalue weighted by Crippen LogP contribution is 2.28. The number of allylic oxidation sites excluding steroid dienone is 2. The van der Waals surface area contributed by atoms with Crippen LogP contribution in [-0.2, 0) is 32.3 Å². The number of ether oxygens (including phenoxy) is 2. The van der Waals surface area contributed by atoms with Crippen LogP contribution in [-0.4, -0.2) is 11.9 Å². The van der Waals surface area contributed by atoms with Gasteiger partial charge < -0.3 is 9.47 Å². The second-order valence-corrected chi connectivity index (χ2v) is 6.34. The average Bonchev–Trinajstić information content (AvgIpc) is 2.72. The summed E-state index contributed by atoms with van der Waals surface area (Å²) < 4.78 is 10.9. The van der Waals surface area contributed by atoms with Gasteiger partial charge in [-0.05, 0) is 24.0 Å². The van der Waals surface area contributed by atoms with E-state index in [1.165, 1.54) is 0 Å². The molecular weight excluding hydrogens is 328 g/mol. The van der Waals surface area contributed by atoms with Gasteiger partial charge in [-0.1, -0.05) is 72.8 Å². The van der Waals surface area contributed by atoms with Crippen LogP contribution in [0.5, 0.6) is 0 Å². The summed E-state index contributed by atoms with van der Waals surface area (Å²) in [5.74, 6) is -1.68. The lowest BCUT2D eigenvalue weighted by Crippen LogP contribution is -2.33. The summed E-state index contributed by atoms with van der Waals surface area (Å²) in [7, 11) is 0. The van der Waals surface area contributed by atoms with Crippen LogP contribution < -0.4 is 0 Å². The third-order valence-corrected chi connectivity index (χ3v) is 4.49. The molecule has 2 aromatic carbocycles. The maximum Gasteiger partial charge on any atom is 0.310 e. The fourth-order valence-electron chi connectivity index (χ4n) is 3.01. The van der Waals surface area contributed by atoms with E-state index in [9.17, 15) is 9.59 Å². The van der Waals surface area contributed by atoms with Gasteiger partial charge in [0.05, 0.1) is 11.8 Å². The first kappa shape index (κ1) is 17.9. The molecule has 2 aromatic rings. The summed E-state index contributed by atoms with van der Waals surface area (Å²) in [6, 6.07) is 19.0. The van der Waals surface area contributed by atoms with Gasteiger partial charge in [-0.25, -0.2) is 0 Å². The van der Waals surface area contributed by atoms with Crippen molar-refractivity contribution in [2.24, 2.45) is 11.8 Å². The van der Waals surface area contributed by atoms with Crippen LogP contribution >= 0.6 is 0 Å². The Labute approximate surface area is 153 Å². The zero-order valence-electron chi connectivity index (χ0n) is 14.5. The summed E-state index contributed by atoms with van der Waals surface area (Å²) >= 11 is 0. The number of benzene rings is 2. The van der Waals surface area contributed by atoms with E-state index in [1.807, 2.05) is 72.8 Å². The van der Waals surface area contributed by atoms with Crippen LogP contribution in [0.3, 0.4) is 0 Å². The fourth-order valence-corrected chi connectivity index (χ4v) is 3.01. The standard InChI is InChI=1S/C22H22O4/c23-21(25-15-17-9-3-1-4-10-17)19-13-7-8-14-20(19)22(24)26-16-18-11-5-2-6-12-18/h1-12,19-20H,13-16H2. The van der Waals surface area contributed by atoms with Crippen LogP contribution in [0.25, 0.3) is 0 Å². The van der Waals surface area contributed by atoms with Crippen molar-refractivity contribution < 1.29 is 19.1 Å². The normalized spacial score (nSPS) is 18.9. The van der Waals surface area contributed by atoms with Crippen molar-refractivity contribution in [2.75, 3.05) is 0 Å². The third kappa shape index (κ3) is 4.82. The van der Waals surface area contributed by atoms with Crippen molar-refractivity contribution in [2.45, 2.75) is 26.1 Å². The molecule has 4 heteroatoms. The second kappa shape index (κ2) is 8.99. The van der Waals surface area contributed by atoms with Crippen LogP contribution in [0.2, 0.25) is 0 Å². The van der Waals surface area contributed by atoms with E-state index < -0.39 is 11.8 Å². The van der Waals surface area contributed by atoms with Crippen molar-refractivity contribution in [3.05, 3.63) is 83.9 Å². The molecule has 0 saturated heterocycles. The number of rotatable bonds is 6. The number of hydrogen-bond donors (Lipinski definition) is 0. The molecule has 1 aliphatic carbocycles. The first-order valence-electron chi connectivity index (χ1n) is 8.80. The van der Waals surface area contributed by atoms with Crippen LogP contribution in [0, 0.1) is 11.8 Å². The molecule has 2 unspecified atom stereocenters. The molecule has 3 rings (SSSR count). The molecule has 4 nitrogen and oxygen atoms in total. The highest BCUT2D eigenvalue weighted by Gasteiger charge is 2.36. The second-order valence-electron chi connectivity index (χ2n) is 6.34. The van der Waals surface area contributed by atoms with Gasteiger partial charge in [-0.2, -0.15) is 0 Å². The Morgan fingerprint density at radius 3 is 1.46 bits per heavy atom. The van der Waals surface area contributed by atoms with Gasteiger partial charge in [0.15, 0.2) is 0 Å². The molecule has 2 atom stereocenters. The highest BCUT2D eigenvalue weighted by atomic mass is 16.5. The Hall–Kier alpha value is -2.88. The average molecular weight is 350 g/mol. The summed E-state index contributed by atoms with van der Waals surface area (Å²) in [6.07, 6.45) is 4.85. The number of hydrogen-bond acceptors (Lipinski definition) is 4. The van der Waals surface area contributed by atoms with Gasteiger partial charge in [0.1, 0.15) is 13.2 Å². The highest BCUT2D eigenvalue weighted by molar-refractivity contribution is 5.82. The zero-order valence-corrected chi connectivity index (χ0v) is 14.5. The van der Waals surface area contributed by atoms with Gasteiger partial charge >= 0.3 is 11.9 Å². The Morgan fingerprint density at radius 2 is 1.08 bits per heavy atom. The largest absolute Gasteiger partial charge is 0.461 e. The van der Waals surface area contributed by atoms with E-state index in [0.717, 1.165) is 11.1 Å². The molecule has 1 aliphatic rings. The van der Waals surface area contributed by atoms with Crippen molar-refractivity contribution in [3.8, 4) is 0 Å². The van der Waals surface area contributed by atoms with Crippen LogP contribution in [0.4, 0.5) is 0 Å². The van der Waals surface area contributed by atoms with Crippen LogP contribution in [0.1, 0.15) is 24.0 Å².